The molecule has 0 aromatic heterocycles. The first-order chi connectivity index (χ1) is 10.2. The fourth-order valence-corrected chi connectivity index (χ4v) is 2.18. The zero-order chi connectivity index (χ0) is 15.1. The van der Waals surface area contributed by atoms with Crippen molar-refractivity contribution in [1.82, 2.24) is 10.2 Å². The summed E-state index contributed by atoms with van der Waals surface area (Å²) in [4.78, 5) is 25.7. The highest BCUT2D eigenvalue weighted by molar-refractivity contribution is 5.97. The molecule has 0 spiro atoms. The fraction of sp³-hybridized carbons (Fsp3) is 0.467. The Bertz CT molecular complexity index is 498. The van der Waals surface area contributed by atoms with Gasteiger partial charge in [-0.1, -0.05) is 12.1 Å². The summed E-state index contributed by atoms with van der Waals surface area (Å²) < 4.78 is 10.3. The molecule has 6 heteroatoms. The van der Waals surface area contributed by atoms with E-state index in [4.69, 9.17) is 9.47 Å². The van der Waals surface area contributed by atoms with Crippen LogP contribution in [0.4, 0.5) is 0 Å². The van der Waals surface area contributed by atoms with Crippen molar-refractivity contribution >= 4 is 11.8 Å². The van der Waals surface area contributed by atoms with Crippen molar-refractivity contribution in [2.24, 2.45) is 0 Å². The number of hydrogen-bond donors (Lipinski definition) is 1. The van der Waals surface area contributed by atoms with Crippen molar-refractivity contribution < 1.29 is 19.1 Å². The molecule has 1 aliphatic rings. The quantitative estimate of drug-likeness (QED) is 0.866. The number of carbonyl (C=O) groups excluding carboxylic acids is 2. The molecule has 1 aromatic rings. The maximum atomic E-state index is 12.0. The van der Waals surface area contributed by atoms with E-state index in [2.05, 4.69) is 5.32 Å². The molecule has 0 bridgehead atoms. The highest BCUT2D eigenvalue weighted by Crippen LogP contribution is 2.16. The van der Waals surface area contributed by atoms with E-state index in [1.54, 1.807) is 29.2 Å². The third-order valence-electron chi connectivity index (χ3n) is 3.34. The third-order valence-corrected chi connectivity index (χ3v) is 3.34. The van der Waals surface area contributed by atoms with E-state index in [0.717, 1.165) is 0 Å². The third kappa shape index (κ3) is 4.19. The Morgan fingerprint density at radius 2 is 2.00 bits per heavy atom. The van der Waals surface area contributed by atoms with Crippen molar-refractivity contribution in [3.63, 3.8) is 0 Å². The van der Waals surface area contributed by atoms with Crippen LogP contribution in [0, 0.1) is 0 Å². The molecule has 0 unspecified atom stereocenters. The average Bonchev–Trinajstić information content (AvgIpc) is 2.55. The van der Waals surface area contributed by atoms with Gasteiger partial charge in [0, 0.05) is 26.1 Å². The van der Waals surface area contributed by atoms with E-state index in [9.17, 15) is 9.59 Å². The van der Waals surface area contributed by atoms with Crippen LogP contribution < -0.4 is 10.1 Å². The predicted molar refractivity (Wildman–Crippen MR) is 77.3 cm³/mol. The van der Waals surface area contributed by atoms with Crippen LogP contribution in [0.1, 0.15) is 16.8 Å². The Morgan fingerprint density at radius 3 is 2.71 bits per heavy atom. The second-order valence-corrected chi connectivity index (χ2v) is 4.70. The topological polar surface area (TPSA) is 67.9 Å². The van der Waals surface area contributed by atoms with Crippen molar-refractivity contribution in [1.29, 1.82) is 0 Å². The number of nitrogens with one attached hydrogen (secondary N) is 1. The summed E-state index contributed by atoms with van der Waals surface area (Å²) in [5.74, 6) is 0.329. The molecule has 114 valence electrons. The van der Waals surface area contributed by atoms with Crippen molar-refractivity contribution in [2.75, 3.05) is 40.0 Å². The standard InChI is InChI=1S/C15H20N2O4/c1-20-13-5-3-2-4-12(13)15(19)16-7-6-14(18)17-8-10-21-11-9-17/h2-5H,6-11H2,1H3,(H,16,19). The number of hydrogen-bond acceptors (Lipinski definition) is 4. The number of carbonyl (C=O) groups is 2. The summed E-state index contributed by atoms with van der Waals surface area (Å²) in [6.07, 6.45) is 0.293. The van der Waals surface area contributed by atoms with E-state index in [1.807, 2.05) is 0 Å². The number of para-hydroxylation sites is 1. The van der Waals surface area contributed by atoms with Gasteiger partial charge in [0.05, 0.1) is 25.9 Å². The first-order valence-corrected chi connectivity index (χ1v) is 6.99. The molecule has 1 fully saturated rings. The first kappa shape index (κ1) is 15.3. The van der Waals surface area contributed by atoms with Gasteiger partial charge in [-0.3, -0.25) is 9.59 Å². The second-order valence-electron chi connectivity index (χ2n) is 4.70. The van der Waals surface area contributed by atoms with Crippen LogP contribution in [0.25, 0.3) is 0 Å². The minimum Gasteiger partial charge on any atom is -0.496 e. The highest BCUT2D eigenvalue weighted by atomic mass is 16.5. The lowest BCUT2D eigenvalue weighted by molar-refractivity contribution is -0.135. The average molecular weight is 292 g/mol. The number of methoxy groups -OCH3 is 1. The Morgan fingerprint density at radius 1 is 1.29 bits per heavy atom. The van der Waals surface area contributed by atoms with Gasteiger partial charge in [0.2, 0.25) is 5.91 Å². The summed E-state index contributed by atoms with van der Waals surface area (Å²) in [6, 6.07) is 7.00. The van der Waals surface area contributed by atoms with E-state index in [-0.39, 0.29) is 11.8 Å². The number of amides is 2. The monoisotopic (exact) mass is 292 g/mol. The molecule has 0 atom stereocenters. The summed E-state index contributed by atoms with van der Waals surface area (Å²) in [7, 11) is 1.52. The smallest absolute Gasteiger partial charge is 0.255 e. The van der Waals surface area contributed by atoms with E-state index in [0.29, 0.717) is 50.6 Å². The Balaban J connectivity index is 1.80. The highest BCUT2D eigenvalue weighted by Gasteiger charge is 2.17. The van der Waals surface area contributed by atoms with Crippen molar-refractivity contribution in [3.05, 3.63) is 29.8 Å². The maximum absolute atomic E-state index is 12.0. The lowest BCUT2D eigenvalue weighted by Gasteiger charge is -2.26. The van der Waals surface area contributed by atoms with Gasteiger partial charge in [-0.15, -0.1) is 0 Å². The minimum atomic E-state index is -0.234. The first-order valence-electron chi connectivity index (χ1n) is 6.99. The molecule has 0 saturated carbocycles. The van der Waals surface area contributed by atoms with Gasteiger partial charge >= 0.3 is 0 Å². The van der Waals surface area contributed by atoms with Gasteiger partial charge in [0.25, 0.3) is 5.91 Å². The molecule has 1 saturated heterocycles. The number of benzene rings is 1. The van der Waals surface area contributed by atoms with E-state index >= 15 is 0 Å². The van der Waals surface area contributed by atoms with Crippen LogP contribution in [0.2, 0.25) is 0 Å². The lowest BCUT2D eigenvalue weighted by Crippen LogP contribution is -2.42. The van der Waals surface area contributed by atoms with Gasteiger partial charge < -0.3 is 19.7 Å². The van der Waals surface area contributed by atoms with E-state index in [1.165, 1.54) is 7.11 Å². The summed E-state index contributed by atoms with van der Waals surface area (Å²) in [6.45, 7) is 2.73. The number of rotatable bonds is 5. The van der Waals surface area contributed by atoms with Crippen LogP contribution in [-0.2, 0) is 9.53 Å². The number of nitrogens with zero attached hydrogens (tertiary/aromatic N) is 1. The van der Waals surface area contributed by atoms with Gasteiger partial charge in [-0.2, -0.15) is 0 Å². The molecule has 0 aliphatic carbocycles. The lowest BCUT2D eigenvalue weighted by atomic mass is 10.2. The zero-order valence-corrected chi connectivity index (χ0v) is 12.1. The van der Waals surface area contributed by atoms with Gasteiger partial charge in [0.15, 0.2) is 0 Å². The molecular formula is C15H20N2O4. The molecule has 1 N–H and O–H groups in total. The van der Waals surface area contributed by atoms with Crippen LogP contribution in [0.3, 0.4) is 0 Å². The molecular weight excluding hydrogens is 272 g/mol. The Labute approximate surface area is 124 Å². The molecule has 6 nitrogen and oxygen atoms in total. The molecule has 1 aromatic carbocycles. The van der Waals surface area contributed by atoms with Crippen molar-refractivity contribution in [3.8, 4) is 5.75 Å². The molecule has 2 rings (SSSR count). The maximum Gasteiger partial charge on any atom is 0.255 e. The van der Waals surface area contributed by atoms with Gasteiger partial charge in [0.1, 0.15) is 5.75 Å². The zero-order valence-electron chi connectivity index (χ0n) is 12.1. The largest absolute Gasteiger partial charge is 0.496 e. The summed E-state index contributed by atoms with van der Waals surface area (Å²) in [5.41, 5.74) is 0.471. The predicted octanol–water partition coefficient (Wildman–Crippen LogP) is 0.674. The number of morpholine rings is 1. The molecule has 1 aliphatic heterocycles. The van der Waals surface area contributed by atoms with E-state index < -0.39 is 0 Å². The number of ether oxygens (including phenoxy) is 2. The molecule has 21 heavy (non-hydrogen) atoms. The normalized spacial score (nSPS) is 14.6. The van der Waals surface area contributed by atoms with Gasteiger partial charge in [-0.05, 0) is 12.1 Å². The van der Waals surface area contributed by atoms with Gasteiger partial charge in [-0.25, -0.2) is 0 Å². The molecule has 0 radical (unpaired) electrons. The second kappa shape index (κ2) is 7.64. The summed E-state index contributed by atoms with van der Waals surface area (Å²) >= 11 is 0. The molecule has 1 heterocycles. The minimum absolute atomic E-state index is 0.0404. The fourth-order valence-electron chi connectivity index (χ4n) is 2.18. The van der Waals surface area contributed by atoms with Crippen LogP contribution in [0.5, 0.6) is 5.75 Å². The molecule has 2 amide bonds. The Kier molecular flexibility index (Phi) is 5.57. The van der Waals surface area contributed by atoms with Crippen LogP contribution in [-0.4, -0.2) is 56.7 Å². The van der Waals surface area contributed by atoms with Crippen LogP contribution in [0.15, 0.2) is 24.3 Å². The summed E-state index contributed by atoms with van der Waals surface area (Å²) in [5, 5.41) is 2.75. The SMILES string of the molecule is COc1ccccc1C(=O)NCCC(=O)N1CCOCC1. The van der Waals surface area contributed by atoms with Crippen molar-refractivity contribution in [2.45, 2.75) is 6.42 Å². The van der Waals surface area contributed by atoms with Crippen LogP contribution >= 0.6 is 0 Å². The Hall–Kier alpha value is -2.08.